The van der Waals surface area contributed by atoms with Crippen molar-refractivity contribution in [3.63, 3.8) is 0 Å². The highest BCUT2D eigenvalue weighted by molar-refractivity contribution is 6.12. The quantitative estimate of drug-likeness (QED) is 0.202. The Bertz CT molecular complexity index is 2990. The molecule has 4 aliphatic rings. The van der Waals surface area contributed by atoms with Gasteiger partial charge in [0.05, 0.1) is 31.7 Å². The van der Waals surface area contributed by atoms with Crippen LogP contribution in [-0.2, 0) is 25.5 Å². The first-order valence-corrected chi connectivity index (χ1v) is 13.6. The van der Waals surface area contributed by atoms with Gasteiger partial charge in [0.2, 0.25) is 0 Å². The summed E-state index contributed by atoms with van der Waals surface area (Å²) in [6.07, 6.45) is -13.9. The third-order valence-corrected chi connectivity index (χ3v) is 7.76. The SMILES string of the molecule is [2H]c1c([2H])c2c([2H])c([2H])c1C([2H])([2H])C([2H])([2H])c1c([2H])c([2H])c(c(-n3c4ccccc4c4cc(-n5c6ccccc6c6ccccc65)ccc43)c1[2H])C([2H])([2H])C2([2H])[2H]. The number of para-hydroxylation sites is 3. The van der Waals surface area contributed by atoms with Gasteiger partial charge in [0.1, 0.15) is 0 Å². The molecular weight excluding hydrogens is 508 g/mol. The summed E-state index contributed by atoms with van der Waals surface area (Å²) in [7, 11) is 0. The number of hydrogen-bond acceptors (Lipinski definition) is 0. The molecule has 8 aromatic rings. The molecule has 0 atom stereocenters. The topological polar surface area (TPSA) is 9.86 Å². The normalized spacial score (nSPS) is 23.3. The van der Waals surface area contributed by atoms with Crippen molar-refractivity contribution in [2.45, 2.75) is 25.5 Å². The number of nitrogens with zero attached hydrogens (tertiary/aromatic N) is 2. The first kappa shape index (κ1) is 13.3. The summed E-state index contributed by atoms with van der Waals surface area (Å²) < 4.78 is 140. The highest BCUT2D eigenvalue weighted by atomic mass is 15.0. The fourth-order valence-electron chi connectivity index (χ4n) is 5.95. The van der Waals surface area contributed by atoms with Gasteiger partial charge in [-0.25, -0.2) is 0 Å². The summed E-state index contributed by atoms with van der Waals surface area (Å²) in [4.78, 5) is 0. The predicted molar refractivity (Wildman–Crippen MR) is 176 cm³/mol. The van der Waals surface area contributed by atoms with Gasteiger partial charge in [0.25, 0.3) is 0 Å². The maximum absolute atomic E-state index is 9.64. The molecule has 2 heteroatoms. The fraction of sp³-hybridized carbons (Fsp3) is 0.100. The molecule has 2 aromatic heterocycles. The highest BCUT2D eigenvalue weighted by Crippen LogP contribution is 2.38. The molecule has 6 aromatic carbocycles. The molecule has 0 radical (unpaired) electrons. The molecule has 0 saturated heterocycles. The Morgan fingerprint density at radius 3 is 1.64 bits per heavy atom. The van der Waals surface area contributed by atoms with Crippen LogP contribution in [0.3, 0.4) is 0 Å². The van der Waals surface area contributed by atoms with Gasteiger partial charge in [-0.05, 0) is 90.2 Å². The van der Waals surface area contributed by atoms with Crippen LogP contribution in [0.5, 0.6) is 0 Å². The number of fused-ring (bicyclic) bond motifs is 6. The maximum atomic E-state index is 9.64. The summed E-state index contributed by atoms with van der Waals surface area (Å²) in [6, 6.07) is 20.8. The summed E-state index contributed by atoms with van der Waals surface area (Å²) >= 11 is 0. The number of aromatic nitrogens is 2. The largest absolute Gasteiger partial charge is 0.309 e. The molecule has 2 nitrogen and oxygen atoms in total. The lowest BCUT2D eigenvalue weighted by atomic mass is 9.95. The molecule has 200 valence electrons. The Morgan fingerprint density at radius 1 is 0.476 bits per heavy atom. The predicted octanol–water partition coefficient (Wildman–Crippen LogP) is 9.76. The molecule has 0 aliphatic heterocycles. The van der Waals surface area contributed by atoms with Crippen LogP contribution in [0.1, 0.15) is 42.8 Å². The second kappa shape index (κ2) is 9.22. The highest BCUT2D eigenvalue weighted by Gasteiger charge is 2.18. The van der Waals surface area contributed by atoms with Crippen LogP contribution in [0, 0.1) is 0 Å². The van der Waals surface area contributed by atoms with E-state index < -0.39 is 95.7 Å². The summed E-state index contributed by atoms with van der Waals surface area (Å²) in [5.74, 6) is 0. The smallest absolute Gasteiger partial charge is 0.0648 e. The van der Waals surface area contributed by atoms with E-state index in [1.165, 1.54) is 4.57 Å². The molecule has 0 saturated carbocycles. The Balaban J connectivity index is 1.45. The van der Waals surface area contributed by atoms with Crippen LogP contribution in [-0.4, -0.2) is 9.13 Å². The van der Waals surface area contributed by atoms with E-state index in [4.69, 9.17) is 9.60 Å². The average molecular weight is 554 g/mol. The summed E-state index contributed by atoms with van der Waals surface area (Å²) in [5.41, 5.74) is -1.25. The van der Waals surface area contributed by atoms with Crippen molar-refractivity contribution in [2.24, 2.45) is 0 Å². The number of benzene rings is 6. The average Bonchev–Trinajstić information content (AvgIpc) is 3.67. The Morgan fingerprint density at radius 2 is 0.976 bits per heavy atom. The van der Waals surface area contributed by atoms with E-state index in [1.807, 2.05) is 60.7 Å². The Kier molecular flexibility index (Phi) is 2.91. The van der Waals surface area contributed by atoms with Crippen molar-refractivity contribution in [1.29, 1.82) is 0 Å². The second-order valence-electron chi connectivity index (χ2n) is 10.1. The lowest BCUT2D eigenvalue weighted by Gasteiger charge is -2.17. The molecule has 0 amide bonds. The van der Waals surface area contributed by atoms with Gasteiger partial charge in [0, 0.05) is 43.9 Å². The molecule has 0 spiro atoms. The molecular formula is C40H30N2. The van der Waals surface area contributed by atoms with Gasteiger partial charge in [-0.15, -0.1) is 0 Å². The minimum Gasteiger partial charge on any atom is -0.309 e. The first-order valence-electron chi connectivity index (χ1n) is 21.1. The first-order chi connectivity index (χ1) is 26.8. The third-order valence-electron chi connectivity index (χ3n) is 7.76. The van der Waals surface area contributed by atoms with E-state index >= 15 is 0 Å². The standard InChI is InChI=1S/C40H30N2/c1-4-10-36-32(7-1)33-8-2-5-11-37(33)41(36)31-23-24-39-35(26-31)34-9-3-6-12-38(34)42(39)40-25-29-18-17-27-13-15-28(16-14-27)19-21-30(40)22-20-29/h1-16,20,22-26H,17-19,21H2/i13D,14D,15D,16D,17D2,18D2,19D2,20D,21D2,22D,25D. The Labute approximate surface area is 266 Å². The number of hydrogen-bond donors (Lipinski definition) is 0. The van der Waals surface area contributed by atoms with E-state index in [0.29, 0.717) is 21.8 Å². The lowest BCUT2D eigenvalue weighted by molar-refractivity contribution is 0.908. The molecule has 12 rings (SSSR count). The van der Waals surface area contributed by atoms with Crippen molar-refractivity contribution < 1.29 is 20.6 Å². The zero-order chi connectivity index (χ0) is 40.9. The van der Waals surface area contributed by atoms with Crippen LogP contribution in [0.4, 0.5) is 0 Å². The maximum Gasteiger partial charge on any atom is 0.0648 e. The molecule has 0 unspecified atom stereocenters. The van der Waals surface area contributed by atoms with Gasteiger partial charge >= 0.3 is 0 Å². The van der Waals surface area contributed by atoms with E-state index in [0.717, 1.165) is 27.5 Å². The van der Waals surface area contributed by atoms with Crippen molar-refractivity contribution in [1.82, 2.24) is 9.13 Å². The van der Waals surface area contributed by atoms with Crippen LogP contribution in [0.2, 0.25) is 0 Å². The van der Waals surface area contributed by atoms with Gasteiger partial charge in [-0.1, -0.05) is 90.9 Å². The van der Waals surface area contributed by atoms with Gasteiger partial charge in [-0.3, -0.25) is 0 Å². The van der Waals surface area contributed by atoms with E-state index in [9.17, 15) is 11.0 Å². The fourth-order valence-corrected chi connectivity index (χ4v) is 5.95. The molecule has 4 bridgehead atoms. The van der Waals surface area contributed by atoms with Crippen LogP contribution in [0.15, 0.2) is 133 Å². The van der Waals surface area contributed by atoms with Crippen LogP contribution < -0.4 is 0 Å². The molecule has 42 heavy (non-hydrogen) atoms. The summed E-state index contributed by atoms with van der Waals surface area (Å²) in [6.45, 7) is 0. The van der Waals surface area contributed by atoms with Gasteiger partial charge in [-0.2, -0.15) is 0 Å². The van der Waals surface area contributed by atoms with Crippen molar-refractivity contribution in [2.75, 3.05) is 0 Å². The zero-order valence-electron chi connectivity index (χ0n) is 37.1. The number of rotatable bonds is 2. The lowest BCUT2D eigenvalue weighted by Crippen LogP contribution is -2.05. The van der Waals surface area contributed by atoms with E-state index in [2.05, 4.69) is 4.57 Å². The van der Waals surface area contributed by atoms with Crippen molar-refractivity contribution in [3.05, 3.63) is 156 Å². The second-order valence-corrected chi connectivity index (χ2v) is 10.1. The molecule has 2 heterocycles. The minimum atomic E-state index is -3.48. The monoisotopic (exact) mass is 553 g/mol. The van der Waals surface area contributed by atoms with Crippen LogP contribution >= 0.6 is 0 Å². The van der Waals surface area contributed by atoms with Crippen molar-refractivity contribution in [3.8, 4) is 11.4 Å². The van der Waals surface area contributed by atoms with Gasteiger partial charge < -0.3 is 9.13 Å². The van der Waals surface area contributed by atoms with Crippen LogP contribution in [0.25, 0.3) is 55.0 Å². The zero-order valence-corrected chi connectivity index (χ0v) is 22.1. The molecule has 0 N–H and O–H groups in total. The van der Waals surface area contributed by atoms with E-state index in [-0.39, 0.29) is 0 Å². The summed E-state index contributed by atoms with van der Waals surface area (Å²) in [5, 5.41) is 3.25. The third kappa shape index (κ3) is 3.58. The molecule has 0 fully saturated rings. The van der Waals surface area contributed by atoms with E-state index in [1.54, 1.807) is 30.3 Å². The molecule has 4 aliphatic carbocycles. The minimum absolute atomic E-state index is 0.346. The Hall–Kier alpha value is -5.08. The van der Waals surface area contributed by atoms with Crippen molar-refractivity contribution >= 4 is 43.6 Å². The van der Waals surface area contributed by atoms with Gasteiger partial charge in [0.15, 0.2) is 0 Å².